The van der Waals surface area contributed by atoms with Crippen LogP contribution >= 0.6 is 29.6 Å². The summed E-state index contributed by atoms with van der Waals surface area (Å²) in [6.07, 6.45) is 4.25. The topological polar surface area (TPSA) is 0 Å². The van der Waals surface area contributed by atoms with Gasteiger partial charge < -0.3 is 0 Å². The lowest BCUT2D eigenvalue weighted by molar-refractivity contribution is 1.03. The van der Waals surface area contributed by atoms with Gasteiger partial charge in [0.05, 0.1) is 0 Å². The molecule has 2 rings (SSSR count). The van der Waals surface area contributed by atoms with Gasteiger partial charge in [0, 0.05) is 5.75 Å². The molecule has 0 nitrogen and oxygen atoms in total. The minimum absolute atomic E-state index is 0. The number of hydrogen-bond donors (Lipinski definition) is 1. The molecule has 100 valence electrons. The first kappa shape index (κ1) is 16.1. The molecule has 19 heavy (non-hydrogen) atoms. The molecule has 0 radical (unpaired) electrons. The molecule has 0 saturated carbocycles. The van der Waals surface area contributed by atoms with Crippen LogP contribution in [0.2, 0.25) is 0 Å². The first-order valence-corrected chi connectivity index (χ1v) is 6.88. The van der Waals surface area contributed by atoms with Crippen LogP contribution in [0.5, 0.6) is 0 Å². The van der Waals surface area contributed by atoms with Crippen molar-refractivity contribution in [3.63, 3.8) is 0 Å². The van der Waals surface area contributed by atoms with Gasteiger partial charge in [0.25, 0.3) is 0 Å². The average Bonchev–Trinajstić information content (AvgIpc) is 2.41. The van der Waals surface area contributed by atoms with E-state index in [9.17, 15) is 0 Å². The van der Waals surface area contributed by atoms with Gasteiger partial charge in [0.2, 0.25) is 0 Å². The van der Waals surface area contributed by atoms with Crippen LogP contribution in [0.3, 0.4) is 0 Å². The Bertz CT molecular complexity index is 448. The van der Waals surface area contributed by atoms with E-state index < -0.39 is 0 Å². The van der Waals surface area contributed by atoms with Crippen LogP contribution in [0.15, 0.2) is 72.3 Å². The van der Waals surface area contributed by atoms with Crippen molar-refractivity contribution in [1.82, 2.24) is 0 Å². The van der Waals surface area contributed by atoms with Crippen molar-refractivity contribution in [2.75, 3.05) is 5.75 Å². The standard InChI is InChI=1S/C17H18S.BrH/c18-12-11-17(13-15-7-3-1-4-8-15)14-16-9-5-2-6-10-16;/h1-11,18H,12-14H2;1H. The molecule has 0 fully saturated rings. The molecule has 0 aliphatic heterocycles. The van der Waals surface area contributed by atoms with E-state index >= 15 is 0 Å². The molecule has 0 heterocycles. The Labute approximate surface area is 131 Å². The molecule has 2 aromatic rings. The van der Waals surface area contributed by atoms with Crippen molar-refractivity contribution in [1.29, 1.82) is 0 Å². The lowest BCUT2D eigenvalue weighted by Crippen LogP contribution is -1.96. The van der Waals surface area contributed by atoms with E-state index in [2.05, 4.69) is 79.4 Å². The number of allylic oxidation sites excluding steroid dienone is 1. The molecule has 0 unspecified atom stereocenters. The molecule has 2 heteroatoms. The zero-order valence-corrected chi connectivity index (χ0v) is 13.4. The Morgan fingerprint density at radius 1 is 0.789 bits per heavy atom. The minimum Gasteiger partial charge on any atom is -0.175 e. The van der Waals surface area contributed by atoms with E-state index in [1.54, 1.807) is 0 Å². The summed E-state index contributed by atoms with van der Waals surface area (Å²) >= 11 is 4.32. The fourth-order valence-corrected chi connectivity index (χ4v) is 2.31. The number of thiol groups is 1. The second kappa shape index (κ2) is 9.00. The molecule has 0 amide bonds. The molecule has 0 bridgehead atoms. The molecular weight excluding hydrogens is 316 g/mol. The fraction of sp³-hybridized carbons (Fsp3) is 0.176. The van der Waals surface area contributed by atoms with E-state index in [-0.39, 0.29) is 17.0 Å². The van der Waals surface area contributed by atoms with Gasteiger partial charge >= 0.3 is 0 Å². The van der Waals surface area contributed by atoms with E-state index in [1.807, 2.05) is 0 Å². The van der Waals surface area contributed by atoms with Crippen LogP contribution in [0.25, 0.3) is 0 Å². The Morgan fingerprint density at radius 2 is 1.21 bits per heavy atom. The second-order valence-electron chi connectivity index (χ2n) is 4.37. The minimum atomic E-state index is 0. The molecule has 2 aromatic carbocycles. The Morgan fingerprint density at radius 3 is 1.58 bits per heavy atom. The molecule has 0 aromatic heterocycles. The van der Waals surface area contributed by atoms with Crippen molar-refractivity contribution in [3.05, 3.63) is 83.4 Å². The summed E-state index contributed by atoms with van der Waals surface area (Å²) in [5.41, 5.74) is 4.16. The fourth-order valence-electron chi connectivity index (χ4n) is 2.05. The highest BCUT2D eigenvalue weighted by atomic mass is 79.9. The van der Waals surface area contributed by atoms with Crippen LogP contribution in [-0.2, 0) is 12.8 Å². The summed E-state index contributed by atoms with van der Waals surface area (Å²) < 4.78 is 0. The summed E-state index contributed by atoms with van der Waals surface area (Å²) in [6, 6.07) is 21.2. The molecule has 0 N–H and O–H groups in total. The normalized spacial score (nSPS) is 9.53. The maximum atomic E-state index is 4.32. The van der Waals surface area contributed by atoms with Crippen molar-refractivity contribution in [3.8, 4) is 0 Å². The lowest BCUT2D eigenvalue weighted by atomic mass is 9.98. The van der Waals surface area contributed by atoms with Crippen LogP contribution in [0.1, 0.15) is 11.1 Å². The van der Waals surface area contributed by atoms with Crippen molar-refractivity contribution in [2.45, 2.75) is 12.8 Å². The summed E-state index contributed by atoms with van der Waals surface area (Å²) in [5, 5.41) is 0. The predicted octanol–water partition coefficient (Wildman–Crippen LogP) is 4.91. The third-order valence-corrected chi connectivity index (χ3v) is 3.11. The van der Waals surface area contributed by atoms with Gasteiger partial charge in [-0.25, -0.2) is 0 Å². The van der Waals surface area contributed by atoms with Gasteiger partial charge in [-0.2, -0.15) is 12.6 Å². The van der Waals surface area contributed by atoms with Crippen molar-refractivity contribution in [2.24, 2.45) is 0 Å². The van der Waals surface area contributed by atoms with Gasteiger partial charge in [0.1, 0.15) is 0 Å². The van der Waals surface area contributed by atoms with Gasteiger partial charge in [-0.1, -0.05) is 72.3 Å². The summed E-state index contributed by atoms with van der Waals surface area (Å²) in [7, 11) is 0. The highest BCUT2D eigenvalue weighted by Crippen LogP contribution is 2.14. The van der Waals surface area contributed by atoms with Gasteiger partial charge in [-0.15, -0.1) is 17.0 Å². The van der Waals surface area contributed by atoms with Gasteiger partial charge in [-0.05, 0) is 24.0 Å². The first-order valence-electron chi connectivity index (χ1n) is 6.25. The highest BCUT2D eigenvalue weighted by Gasteiger charge is 2.01. The van der Waals surface area contributed by atoms with Crippen LogP contribution in [-0.4, -0.2) is 5.75 Å². The molecule has 0 saturated heterocycles. The van der Waals surface area contributed by atoms with Crippen LogP contribution in [0.4, 0.5) is 0 Å². The number of halogens is 1. The maximum absolute atomic E-state index is 4.32. The Hall–Kier alpha value is -0.990. The molecule has 0 aliphatic rings. The second-order valence-corrected chi connectivity index (χ2v) is 4.73. The lowest BCUT2D eigenvalue weighted by Gasteiger charge is -2.08. The Balaban J connectivity index is 0.00000180. The van der Waals surface area contributed by atoms with E-state index in [0.717, 1.165) is 18.6 Å². The third kappa shape index (κ3) is 5.66. The molecule has 0 spiro atoms. The monoisotopic (exact) mass is 334 g/mol. The number of rotatable bonds is 5. The number of hydrogen-bond acceptors (Lipinski definition) is 1. The molecule has 0 aliphatic carbocycles. The average molecular weight is 335 g/mol. The first-order chi connectivity index (χ1) is 8.88. The van der Waals surface area contributed by atoms with E-state index in [0.29, 0.717) is 0 Å². The zero-order chi connectivity index (χ0) is 12.6. The maximum Gasteiger partial charge on any atom is 0.00854 e. The van der Waals surface area contributed by atoms with Crippen LogP contribution < -0.4 is 0 Å². The number of benzene rings is 2. The third-order valence-electron chi connectivity index (χ3n) is 2.93. The van der Waals surface area contributed by atoms with E-state index in [4.69, 9.17) is 0 Å². The summed E-state index contributed by atoms with van der Waals surface area (Å²) in [5.74, 6) is 0.801. The molecular formula is C17H19BrS. The largest absolute Gasteiger partial charge is 0.175 e. The Kier molecular flexibility index (Phi) is 7.61. The smallest absolute Gasteiger partial charge is 0.00854 e. The predicted molar refractivity (Wildman–Crippen MR) is 92.6 cm³/mol. The zero-order valence-electron chi connectivity index (χ0n) is 10.8. The molecule has 0 atom stereocenters. The van der Waals surface area contributed by atoms with E-state index in [1.165, 1.54) is 16.7 Å². The summed E-state index contributed by atoms with van der Waals surface area (Å²) in [6.45, 7) is 0. The summed E-state index contributed by atoms with van der Waals surface area (Å²) in [4.78, 5) is 0. The quantitative estimate of drug-likeness (QED) is 0.583. The van der Waals surface area contributed by atoms with Crippen LogP contribution in [0, 0.1) is 0 Å². The highest BCUT2D eigenvalue weighted by molar-refractivity contribution is 8.93. The van der Waals surface area contributed by atoms with Crippen molar-refractivity contribution >= 4 is 29.6 Å². The van der Waals surface area contributed by atoms with Gasteiger partial charge in [0.15, 0.2) is 0 Å². The SMILES string of the molecule is Br.SCC=C(Cc1ccccc1)Cc1ccccc1. The van der Waals surface area contributed by atoms with Gasteiger partial charge in [-0.3, -0.25) is 0 Å². The van der Waals surface area contributed by atoms with Crippen molar-refractivity contribution < 1.29 is 0 Å².